The van der Waals surface area contributed by atoms with Crippen LogP contribution >= 0.6 is 0 Å². The first-order valence-electron chi connectivity index (χ1n) is 33.1. The Bertz CT molecular complexity index is 2670. The first-order chi connectivity index (χ1) is 40.1. The highest BCUT2D eigenvalue weighted by atomic mass is 16.6. The van der Waals surface area contributed by atoms with E-state index in [0.717, 1.165) is 25.8 Å². The molecule has 9 atom stereocenters. The van der Waals surface area contributed by atoms with E-state index in [2.05, 4.69) is 62.8 Å². The molecule has 3 aliphatic heterocycles. The Kier molecular flexibility index (Phi) is 19.7. The molecule has 6 spiro atoms. The van der Waals surface area contributed by atoms with Gasteiger partial charge in [-0.3, -0.25) is 9.59 Å². The van der Waals surface area contributed by atoms with E-state index in [1.165, 1.54) is 56.3 Å². The molecular formula is C69H120N6O14. The average Bonchev–Trinajstić information content (AvgIpc) is 1.48. The van der Waals surface area contributed by atoms with Gasteiger partial charge in [-0.1, -0.05) is 123 Å². The van der Waals surface area contributed by atoms with Gasteiger partial charge in [0.25, 0.3) is 0 Å². The molecule has 510 valence electrons. The van der Waals surface area contributed by atoms with Crippen molar-refractivity contribution in [2.24, 2.45) is 65.0 Å². The highest BCUT2D eigenvalue weighted by Crippen LogP contribution is 2.90. The molecule has 0 radical (unpaired) electrons. The monoisotopic (exact) mass is 1260 g/mol. The molecule has 3 heterocycles. The third kappa shape index (κ3) is 13.0. The van der Waals surface area contributed by atoms with E-state index >= 15 is 0 Å². The maximum Gasteiger partial charge on any atom is 0.408 e. The molecule has 0 aromatic rings. The number of carboxylic acid groups (broad SMARTS) is 2. The number of carbonyl (C=O) groups excluding carboxylic acids is 5. The quantitative estimate of drug-likeness (QED) is 0.0997. The van der Waals surface area contributed by atoms with Crippen molar-refractivity contribution in [2.75, 3.05) is 32.8 Å². The van der Waals surface area contributed by atoms with Gasteiger partial charge in [-0.15, -0.1) is 0 Å². The van der Waals surface area contributed by atoms with Gasteiger partial charge in [-0.2, -0.15) is 0 Å². The van der Waals surface area contributed by atoms with Gasteiger partial charge in [-0.25, -0.2) is 24.0 Å². The third-order valence-corrected chi connectivity index (χ3v) is 24.1. The number of rotatable bonds is 9. The topological polar surface area (TPSA) is 283 Å². The predicted molar refractivity (Wildman–Crippen MR) is 341 cm³/mol. The summed E-state index contributed by atoms with van der Waals surface area (Å²) in [5.74, 6) is -2.49. The molecular weight excluding hydrogens is 1140 g/mol. The van der Waals surface area contributed by atoms with Gasteiger partial charge in [0.15, 0.2) is 0 Å². The van der Waals surface area contributed by atoms with Gasteiger partial charge in [0.2, 0.25) is 11.8 Å². The number of carbonyl (C=O) groups is 7. The lowest BCUT2D eigenvalue weighted by Crippen LogP contribution is -2.57. The summed E-state index contributed by atoms with van der Waals surface area (Å²) in [6.07, 6.45) is 11.9. The van der Waals surface area contributed by atoms with Crippen molar-refractivity contribution in [3.8, 4) is 0 Å². The Balaban J connectivity index is 0.000000198. The number of fused-ring (bicyclic) bond motifs is 3. The maximum absolute atomic E-state index is 13.7. The largest absolute Gasteiger partial charge is 0.480 e. The van der Waals surface area contributed by atoms with Crippen LogP contribution in [-0.4, -0.2) is 158 Å². The number of carboxylic acids is 2. The molecule has 9 fully saturated rings. The van der Waals surface area contributed by atoms with Gasteiger partial charge < -0.3 is 65.7 Å². The second-order valence-corrected chi connectivity index (χ2v) is 36.1. The summed E-state index contributed by atoms with van der Waals surface area (Å²) < 4.78 is 15.8. The van der Waals surface area contributed by atoms with E-state index in [1.54, 1.807) is 83.1 Å². The Morgan fingerprint density at radius 3 is 1.06 bits per heavy atom. The zero-order chi connectivity index (χ0) is 68.1. The van der Waals surface area contributed by atoms with Crippen molar-refractivity contribution >= 4 is 42.0 Å². The number of nitrogens with one attached hydrogen (secondary N) is 4. The lowest BCUT2D eigenvalue weighted by molar-refractivity contribution is -0.150. The van der Waals surface area contributed by atoms with Crippen LogP contribution in [0.4, 0.5) is 14.4 Å². The molecule has 0 bridgehead atoms. The number of likely N-dealkylation sites (tertiary alicyclic amines) is 2. The van der Waals surface area contributed by atoms with Crippen molar-refractivity contribution < 1.29 is 68.2 Å². The van der Waals surface area contributed by atoms with Crippen LogP contribution in [0.5, 0.6) is 0 Å². The van der Waals surface area contributed by atoms with Crippen molar-refractivity contribution in [1.29, 1.82) is 0 Å². The van der Waals surface area contributed by atoms with Gasteiger partial charge >= 0.3 is 30.2 Å². The number of hydrogen-bond donors (Lipinski definition) is 8. The second-order valence-electron chi connectivity index (χ2n) is 36.1. The molecule has 3 saturated heterocycles. The second kappa shape index (κ2) is 23.8. The first-order valence-corrected chi connectivity index (χ1v) is 33.1. The molecule has 6 aliphatic carbocycles. The number of aliphatic hydroxyl groups is 2. The highest BCUT2D eigenvalue weighted by Gasteiger charge is 2.87. The summed E-state index contributed by atoms with van der Waals surface area (Å²) >= 11 is 0. The summed E-state index contributed by atoms with van der Waals surface area (Å²) in [7, 11) is 0. The molecule has 9 rings (SSSR count). The van der Waals surface area contributed by atoms with Crippen LogP contribution in [0.2, 0.25) is 0 Å². The molecule has 0 aromatic heterocycles. The van der Waals surface area contributed by atoms with E-state index < -0.39 is 87.4 Å². The maximum atomic E-state index is 13.7. The molecule has 20 nitrogen and oxygen atoms in total. The Morgan fingerprint density at radius 2 is 0.787 bits per heavy atom. The van der Waals surface area contributed by atoms with Crippen molar-refractivity contribution in [2.45, 2.75) is 296 Å². The summed E-state index contributed by atoms with van der Waals surface area (Å²) in [6, 6.07) is -3.23. The van der Waals surface area contributed by atoms with E-state index in [4.69, 9.17) is 19.3 Å². The number of amides is 5. The van der Waals surface area contributed by atoms with Crippen molar-refractivity contribution in [3.05, 3.63) is 0 Å². The summed E-state index contributed by atoms with van der Waals surface area (Å²) in [4.78, 5) is 90.1. The number of aliphatic hydroxyl groups excluding tert-OH is 2. The normalized spacial score (nSPS) is 30.1. The van der Waals surface area contributed by atoms with Crippen LogP contribution in [0.1, 0.15) is 243 Å². The molecule has 20 heteroatoms. The minimum absolute atomic E-state index is 0.0246. The molecule has 89 heavy (non-hydrogen) atoms. The first kappa shape index (κ1) is 73.6. The molecule has 5 amide bonds. The van der Waals surface area contributed by atoms with Crippen molar-refractivity contribution in [1.82, 2.24) is 31.1 Å². The minimum atomic E-state index is -1.07. The van der Waals surface area contributed by atoms with Gasteiger partial charge in [-0.05, 0) is 174 Å². The fourth-order valence-electron chi connectivity index (χ4n) is 18.5. The number of alkyl carbamates (subject to hydrolysis) is 3. The summed E-state index contributed by atoms with van der Waals surface area (Å²) in [5.41, 5.74) is -1.26. The van der Waals surface area contributed by atoms with Gasteiger partial charge in [0, 0.05) is 36.5 Å². The lowest BCUT2D eigenvalue weighted by atomic mass is 9.73. The van der Waals surface area contributed by atoms with Gasteiger partial charge in [0.05, 0.1) is 19.3 Å². The summed E-state index contributed by atoms with van der Waals surface area (Å²) in [5, 5.41) is 49.6. The van der Waals surface area contributed by atoms with Gasteiger partial charge in [0.1, 0.15) is 41.0 Å². The zero-order valence-electron chi connectivity index (χ0n) is 59.3. The molecule has 3 unspecified atom stereocenters. The van der Waals surface area contributed by atoms with Crippen LogP contribution < -0.4 is 21.3 Å². The molecule has 9 aliphatic rings. The number of hydrogen-bond acceptors (Lipinski definition) is 13. The third-order valence-electron chi connectivity index (χ3n) is 24.1. The van der Waals surface area contributed by atoms with E-state index in [0.29, 0.717) is 53.8 Å². The molecule has 6 saturated carbocycles. The average molecular weight is 1260 g/mol. The molecule has 8 N–H and O–H groups in total. The van der Waals surface area contributed by atoms with Crippen LogP contribution in [0.25, 0.3) is 0 Å². The summed E-state index contributed by atoms with van der Waals surface area (Å²) in [6.45, 7) is 49.0. The van der Waals surface area contributed by atoms with Crippen LogP contribution in [-0.2, 0) is 33.4 Å². The smallest absolute Gasteiger partial charge is 0.408 e. The molecule has 0 aromatic carbocycles. The standard InChI is InChI=1S/C23H38N2O5.C23H40N2O4.C12H21NO.C11H21NO4/c1-19(2,3)15(24-18(29)30-20(4,5)6)16(26)25-13-23(12-14(25)17(27)28)21(7,8)22(23)10-9-11-22;1-19(2,3)16(24-18(28)29-20(4,5)6)17(27)25-14-23(12-15(25)13-26)21(7,8)22(23)10-9-11-22;1-10(2)11(4-3-5-11)12(10)6-9(7-14)13-8-12;1-10(2,3)7(8(13)14)12-9(15)16-11(4,5)6/h14-15H,9-13H2,1-8H3,(H,24,29)(H,27,28);15-16,26H,9-14H2,1-8H3,(H,24,28);9,13-14H,3-8H2,1-2H3;7H,1-6H3,(H,12,15)(H,13,14)/t14-,15+,23?;15-,16+,23?;9-,12?;7-/m0001/s1. The van der Waals surface area contributed by atoms with E-state index in [9.17, 15) is 48.9 Å². The van der Waals surface area contributed by atoms with Crippen LogP contribution in [0.3, 0.4) is 0 Å². The number of nitrogens with zero attached hydrogens (tertiary/aromatic N) is 2. The van der Waals surface area contributed by atoms with E-state index in [-0.39, 0.29) is 51.5 Å². The Labute approximate surface area is 533 Å². The highest BCUT2D eigenvalue weighted by molar-refractivity contribution is 5.91. The number of ether oxygens (including phenoxy) is 3. The fourth-order valence-corrected chi connectivity index (χ4v) is 18.5. The Morgan fingerprint density at radius 1 is 0.461 bits per heavy atom. The number of aliphatic carboxylic acids is 2. The van der Waals surface area contributed by atoms with Crippen molar-refractivity contribution in [3.63, 3.8) is 0 Å². The minimum Gasteiger partial charge on any atom is -0.480 e. The zero-order valence-corrected chi connectivity index (χ0v) is 59.3. The fraction of sp³-hybridized carbons (Fsp3) is 0.899. The van der Waals surface area contributed by atoms with E-state index in [1.807, 2.05) is 46.4 Å². The predicted octanol–water partition coefficient (Wildman–Crippen LogP) is 11.1. The SMILES string of the molecule is CC(C)(C)OC(=O)N[C@H](C(=O)N1CC2(C[C@H]1C(=O)O)C(C)(C)C21CCC1)C(C)(C)C.CC(C)(C)OC(=O)N[C@H](C(=O)N1CC2(C[C@H]1CO)C(C)(C)C21CCC1)C(C)(C)C.CC(C)(C)OC(=O)N[C@H](C(=O)O)C(C)(C)C.CC1(C)C2(CCC2)C12CN[C@H](CO)C2. The van der Waals surface area contributed by atoms with Crippen LogP contribution in [0, 0.1) is 65.0 Å². The Hall–Kier alpha value is -4.43. The van der Waals surface area contributed by atoms with Crippen LogP contribution in [0.15, 0.2) is 0 Å². The lowest BCUT2D eigenvalue weighted by Gasteiger charge is -2.36.